The molecule has 1 saturated heterocycles. The van der Waals surface area contributed by atoms with Crippen molar-refractivity contribution < 1.29 is 18.7 Å². The number of hydrogen-bond donors (Lipinski definition) is 0. The van der Waals surface area contributed by atoms with Gasteiger partial charge in [-0.25, -0.2) is 4.98 Å². The fourth-order valence-electron chi connectivity index (χ4n) is 3.40. The van der Waals surface area contributed by atoms with E-state index in [1.165, 1.54) is 11.8 Å². The predicted octanol–water partition coefficient (Wildman–Crippen LogP) is 3.48. The Labute approximate surface area is 169 Å². The third kappa shape index (κ3) is 4.71. The summed E-state index contributed by atoms with van der Waals surface area (Å²) in [4.78, 5) is 30.7. The zero-order valence-electron chi connectivity index (χ0n) is 16.0. The zero-order valence-corrected chi connectivity index (χ0v) is 16.0. The van der Waals surface area contributed by atoms with Gasteiger partial charge in [0, 0.05) is 25.1 Å². The average molecular weight is 390 g/mol. The summed E-state index contributed by atoms with van der Waals surface area (Å²) in [6, 6.07) is 19.5. The van der Waals surface area contributed by atoms with Crippen LogP contribution in [0.4, 0.5) is 0 Å². The summed E-state index contributed by atoms with van der Waals surface area (Å²) in [6.07, 6.45) is 2.46. The van der Waals surface area contributed by atoms with Gasteiger partial charge in [-0.15, -0.1) is 0 Å². The zero-order chi connectivity index (χ0) is 20.1. The summed E-state index contributed by atoms with van der Waals surface area (Å²) < 4.78 is 10.8. The van der Waals surface area contributed by atoms with E-state index in [1.807, 2.05) is 60.7 Å². The smallest absolute Gasteiger partial charge is 0.311 e. The van der Waals surface area contributed by atoms with Crippen LogP contribution in [0.25, 0.3) is 11.5 Å². The lowest BCUT2D eigenvalue weighted by Gasteiger charge is -2.16. The van der Waals surface area contributed by atoms with Crippen molar-refractivity contribution in [2.45, 2.75) is 19.4 Å². The lowest BCUT2D eigenvalue weighted by Crippen LogP contribution is -2.28. The fraction of sp³-hybridized carbons (Fsp3) is 0.261. The van der Waals surface area contributed by atoms with Crippen molar-refractivity contribution in [3.63, 3.8) is 0 Å². The summed E-state index contributed by atoms with van der Waals surface area (Å²) in [7, 11) is 0. The van der Waals surface area contributed by atoms with Crippen LogP contribution in [0.15, 0.2) is 71.3 Å². The second-order valence-corrected chi connectivity index (χ2v) is 7.09. The SMILES string of the molecule is O=C(OCc1coc(-c2ccccc2)n1)[C@@H]1CC(=O)N(CCc2ccccc2)C1. The number of amides is 1. The van der Waals surface area contributed by atoms with Gasteiger partial charge in [0.25, 0.3) is 0 Å². The first-order valence-electron chi connectivity index (χ1n) is 9.67. The summed E-state index contributed by atoms with van der Waals surface area (Å²) >= 11 is 0. The van der Waals surface area contributed by atoms with Crippen molar-refractivity contribution in [2.75, 3.05) is 13.1 Å². The Hall–Kier alpha value is -3.41. The number of rotatable bonds is 7. The molecule has 1 aliphatic rings. The van der Waals surface area contributed by atoms with Crippen LogP contribution in [-0.2, 0) is 27.4 Å². The van der Waals surface area contributed by atoms with E-state index in [1.54, 1.807) is 4.90 Å². The fourth-order valence-corrected chi connectivity index (χ4v) is 3.40. The number of oxazole rings is 1. The van der Waals surface area contributed by atoms with Crippen LogP contribution in [0.2, 0.25) is 0 Å². The second kappa shape index (κ2) is 8.73. The molecule has 0 N–H and O–H groups in total. The maximum absolute atomic E-state index is 12.4. The number of likely N-dealkylation sites (tertiary alicyclic amines) is 1. The molecule has 1 aliphatic heterocycles. The molecule has 2 heterocycles. The number of hydrogen-bond acceptors (Lipinski definition) is 5. The van der Waals surface area contributed by atoms with Gasteiger partial charge in [-0.3, -0.25) is 9.59 Å². The molecule has 0 bridgehead atoms. The number of nitrogens with zero attached hydrogens (tertiary/aromatic N) is 2. The van der Waals surface area contributed by atoms with Crippen molar-refractivity contribution in [3.05, 3.63) is 78.2 Å². The lowest BCUT2D eigenvalue weighted by atomic mass is 10.1. The van der Waals surface area contributed by atoms with Gasteiger partial charge in [0.1, 0.15) is 18.6 Å². The molecular weight excluding hydrogens is 368 g/mol. The van der Waals surface area contributed by atoms with Crippen LogP contribution >= 0.6 is 0 Å². The third-order valence-electron chi connectivity index (χ3n) is 5.00. The van der Waals surface area contributed by atoms with Crippen molar-refractivity contribution in [2.24, 2.45) is 5.92 Å². The van der Waals surface area contributed by atoms with Gasteiger partial charge in [0.15, 0.2) is 0 Å². The molecule has 1 atom stereocenters. The molecule has 29 heavy (non-hydrogen) atoms. The molecule has 0 spiro atoms. The number of aromatic nitrogens is 1. The number of carbonyl (C=O) groups excluding carboxylic acids is 2. The molecule has 3 aromatic rings. The Balaban J connectivity index is 1.27. The minimum absolute atomic E-state index is 0.00400. The van der Waals surface area contributed by atoms with Crippen LogP contribution in [0, 0.1) is 5.92 Å². The third-order valence-corrected chi connectivity index (χ3v) is 5.00. The number of carbonyl (C=O) groups is 2. The van der Waals surface area contributed by atoms with Crippen LogP contribution in [-0.4, -0.2) is 34.8 Å². The van der Waals surface area contributed by atoms with E-state index in [0.717, 1.165) is 12.0 Å². The molecule has 148 valence electrons. The Morgan fingerprint density at radius 1 is 1.10 bits per heavy atom. The molecule has 4 rings (SSSR count). The van der Waals surface area contributed by atoms with Gasteiger partial charge in [-0.2, -0.15) is 0 Å². The van der Waals surface area contributed by atoms with E-state index in [2.05, 4.69) is 4.98 Å². The molecule has 0 radical (unpaired) electrons. The number of esters is 1. The highest BCUT2D eigenvalue weighted by Gasteiger charge is 2.35. The number of ether oxygens (including phenoxy) is 1. The predicted molar refractivity (Wildman–Crippen MR) is 107 cm³/mol. The van der Waals surface area contributed by atoms with Gasteiger partial charge < -0.3 is 14.1 Å². The molecular formula is C23H22N2O4. The van der Waals surface area contributed by atoms with E-state index >= 15 is 0 Å². The van der Waals surface area contributed by atoms with Crippen LogP contribution in [0.5, 0.6) is 0 Å². The quantitative estimate of drug-likeness (QED) is 0.578. The Morgan fingerprint density at radius 3 is 2.59 bits per heavy atom. The highest BCUT2D eigenvalue weighted by atomic mass is 16.5. The minimum Gasteiger partial charge on any atom is -0.459 e. The van der Waals surface area contributed by atoms with E-state index < -0.39 is 5.92 Å². The van der Waals surface area contributed by atoms with Crippen LogP contribution < -0.4 is 0 Å². The van der Waals surface area contributed by atoms with E-state index in [4.69, 9.17) is 9.15 Å². The maximum atomic E-state index is 12.4. The number of benzene rings is 2. The first kappa shape index (κ1) is 18.9. The topological polar surface area (TPSA) is 72.6 Å². The summed E-state index contributed by atoms with van der Waals surface area (Å²) in [5.41, 5.74) is 2.58. The van der Waals surface area contributed by atoms with Gasteiger partial charge in [0.05, 0.1) is 5.92 Å². The molecule has 2 aromatic carbocycles. The molecule has 6 nitrogen and oxygen atoms in total. The van der Waals surface area contributed by atoms with Gasteiger partial charge in [-0.05, 0) is 24.1 Å². The van der Waals surface area contributed by atoms with E-state index in [0.29, 0.717) is 24.7 Å². The second-order valence-electron chi connectivity index (χ2n) is 7.09. The highest BCUT2D eigenvalue weighted by molar-refractivity contribution is 5.86. The molecule has 0 aliphatic carbocycles. The van der Waals surface area contributed by atoms with Gasteiger partial charge in [0.2, 0.25) is 11.8 Å². The summed E-state index contributed by atoms with van der Waals surface area (Å²) in [5, 5.41) is 0. The monoisotopic (exact) mass is 390 g/mol. The molecule has 6 heteroatoms. The highest BCUT2D eigenvalue weighted by Crippen LogP contribution is 2.21. The summed E-state index contributed by atoms with van der Waals surface area (Å²) in [6.45, 7) is 1.04. The van der Waals surface area contributed by atoms with Gasteiger partial charge >= 0.3 is 5.97 Å². The Bertz CT molecular complexity index is 969. The summed E-state index contributed by atoms with van der Waals surface area (Å²) in [5.74, 6) is -0.320. The minimum atomic E-state index is -0.432. The first-order chi connectivity index (χ1) is 14.2. The molecule has 0 unspecified atom stereocenters. The van der Waals surface area contributed by atoms with Crippen molar-refractivity contribution in [1.29, 1.82) is 0 Å². The largest absolute Gasteiger partial charge is 0.459 e. The first-order valence-corrected chi connectivity index (χ1v) is 9.67. The van der Waals surface area contributed by atoms with Crippen molar-refractivity contribution in [1.82, 2.24) is 9.88 Å². The van der Waals surface area contributed by atoms with E-state index in [-0.39, 0.29) is 24.9 Å². The Morgan fingerprint density at radius 2 is 1.83 bits per heavy atom. The normalized spacial score (nSPS) is 16.2. The van der Waals surface area contributed by atoms with Crippen molar-refractivity contribution >= 4 is 11.9 Å². The Kier molecular flexibility index (Phi) is 5.70. The molecule has 0 saturated carbocycles. The maximum Gasteiger partial charge on any atom is 0.311 e. The average Bonchev–Trinajstić information content (AvgIpc) is 3.39. The van der Waals surface area contributed by atoms with Crippen LogP contribution in [0.1, 0.15) is 17.7 Å². The van der Waals surface area contributed by atoms with Gasteiger partial charge in [-0.1, -0.05) is 48.5 Å². The molecule has 1 fully saturated rings. The standard InChI is InChI=1S/C23H22N2O4/c26-21-13-19(14-25(21)12-11-17-7-3-1-4-8-17)23(27)29-16-20-15-28-22(24-20)18-9-5-2-6-10-18/h1-10,15,19H,11-14,16H2/t19-/m1/s1. The van der Waals surface area contributed by atoms with Crippen molar-refractivity contribution in [3.8, 4) is 11.5 Å². The molecule has 1 amide bonds. The molecule has 1 aromatic heterocycles. The van der Waals surface area contributed by atoms with E-state index in [9.17, 15) is 9.59 Å². The van der Waals surface area contributed by atoms with Crippen LogP contribution in [0.3, 0.4) is 0 Å². The lowest BCUT2D eigenvalue weighted by molar-refractivity contribution is -0.149.